The summed E-state index contributed by atoms with van der Waals surface area (Å²) < 4.78 is 31.5. The largest absolute Gasteiger partial charge is 0.491 e. The Balaban J connectivity index is 1.74. The maximum atomic E-state index is 13.0. The van der Waals surface area contributed by atoms with Crippen molar-refractivity contribution in [2.45, 2.75) is 32.9 Å². The molecule has 2 amide bonds. The van der Waals surface area contributed by atoms with E-state index in [1.807, 2.05) is 51.1 Å². The molecule has 0 radical (unpaired) electrons. The van der Waals surface area contributed by atoms with Gasteiger partial charge in [0.1, 0.15) is 12.3 Å². The number of carbonyl (C=O) groups is 2. The molecule has 0 saturated heterocycles. The molecule has 0 bridgehead atoms. The Bertz CT molecular complexity index is 1290. The van der Waals surface area contributed by atoms with E-state index >= 15 is 0 Å². The first-order valence-electron chi connectivity index (χ1n) is 11.5. The van der Waals surface area contributed by atoms with E-state index in [0.29, 0.717) is 11.4 Å². The summed E-state index contributed by atoms with van der Waals surface area (Å²) in [6, 6.07) is 22.3. The number of rotatable bonds is 10. The van der Waals surface area contributed by atoms with Gasteiger partial charge in [-0.3, -0.25) is 13.9 Å². The van der Waals surface area contributed by atoms with Crippen molar-refractivity contribution in [2.75, 3.05) is 22.4 Å². The van der Waals surface area contributed by atoms with Crippen molar-refractivity contribution in [3.63, 3.8) is 0 Å². The molecule has 0 fully saturated rings. The summed E-state index contributed by atoms with van der Waals surface area (Å²) in [5.74, 6) is -0.349. The normalized spacial score (nSPS) is 12.0. The number of nitrogens with zero attached hydrogens (tertiary/aromatic N) is 1. The molecule has 0 aliphatic carbocycles. The summed E-state index contributed by atoms with van der Waals surface area (Å²) >= 11 is 0. The summed E-state index contributed by atoms with van der Waals surface area (Å²) in [6.07, 6.45) is 1.01. The van der Waals surface area contributed by atoms with Gasteiger partial charge in [-0.2, -0.15) is 0 Å². The molecule has 0 spiro atoms. The van der Waals surface area contributed by atoms with Gasteiger partial charge in [-0.25, -0.2) is 8.42 Å². The Hall–Kier alpha value is -3.85. The van der Waals surface area contributed by atoms with Crippen LogP contribution in [0.3, 0.4) is 0 Å². The van der Waals surface area contributed by atoms with Crippen LogP contribution in [0, 0.1) is 0 Å². The number of para-hydroxylation sites is 1. The summed E-state index contributed by atoms with van der Waals surface area (Å²) in [4.78, 5) is 25.9. The van der Waals surface area contributed by atoms with Gasteiger partial charge in [0, 0.05) is 0 Å². The van der Waals surface area contributed by atoms with Gasteiger partial charge in [0.2, 0.25) is 15.9 Å². The highest BCUT2D eigenvalue weighted by Crippen LogP contribution is 2.23. The SMILES string of the molecule is CC(C)Oc1ccc(N(CC(=O)Nc2ccccc2C(=O)NC(C)c2ccccc2)S(C)(=O)=O)cc1. The molecule has 0 saturated carbocycles. The fraction of sp³-hybridized carbons (Fsp3) is 0.259. The highest BCUT2D eigenvalue weighted by Gasteiger charge is 2.22. The van der Waals surface area contributed by atoms with Crippen molar-refractivity contribution < 1.29 is 22.7 Å². The maximum absolute atomic E-state index is 13.0. The van der Waals surface area contributed by atoms with Crippen LogP contribution in [0.5, 0.6) is 5.75 Å². The van der Waals surface area contributed by atoms with Crippen LogP contribution in [0.25, 0.3) is 0 Å². The standard InChI is InChI=1S/C27H31N3O5S/c1-19(2)35-23-16-14-22(15-17-23)30(36(4,33)34)18-26(31)29-25-13-9-8-12-24(25)27(32)28-20(3)21-10-6-5-7-11-21/h5-17,19-20H,18H2,1-4H3,(H,28,32)(H,29,31). The van der Waals surface area contributed by atoms with E-state index < -0.39 is 22.5 Å². The van der Waals surface area contributed by atoms with Gasteiger partial charge in [-0.15, -0.1) is 0 Å². The molecule has 0 aliphatic rings. The second-order valence-corrected chi connectivity index (χ2v) is 10.5. The van der Waals surface area contributed by atoms with Crippen LogP contribution in [0.4, 0.5) is 11.4 Å². The van der Waals surface area contributed by atoms with Crippen molar-refractivity contribution in [3.05, 3.63) is 90.0 Å². The fourth-order valence-electron chi connectivity index (χ4n) is 3.57. The summed E-state index contributed by atoms with van der Waals surface area (Å²) in [6.45, 7) is 5.19. The molecule has 190 valence electrons. The summed E-state index contributed by atoms with van der Waals surface area (Å²) in [5, 5.41) is 5.61. The maximum Gasteiger partial charge on any atom is 0.253 e. The van der Waals surface area contributed by atoms with Crippen LogP contribution in [0.15, 0.2) is 78.9 Å². The predicted octanol–water partition coefficient (Wildman–Crippen LogP) is 4.37. The number of ether oxygens (including phenoxy) is 1. The van der Waals surface area contributed by atoms with Crippen LogP contribution < -0.4 is 19.7 Å². The van der Waals surface area contributed by atoms with Crippen LogP contribution in [0.1, 0.15) is 42.7 Å². The summed E-state index contributed by atoms with van der Waals surface area (Å²) in [7, 11) is -3.76. The van der Waals surface area contributed by atoms with Gasteiger partial charge in [0.25, 0.3) is 5.91 Å². The third-order valence-electron chi connectivity index (χ3n) is 5.28. The molecule has 8 nitrogen and oxygen atoms in total. The molecule has 3 aromatic rings. The quantitative estimate of drug-likeness (QED) is 0.422. The van der Waals surface area contributed by atoms with E-state index in [0.717, 1.165) is 16.1 Å². The fourth-order valence-corrected chi connectivity index (χ4v) is 4.43. The van der Waals surface area contributed by atoms with Gasteiger partial charge in [0.15, 0.2) is 0 Å². The highest BCUT2D eigenvalue weighted by molar-refractivity contribution is 7.92. The van der Waals surface area contributed by atoms with Crippen molar-refractivity contribution in [1.82, 2.24) is 5.32 Å². The second kappa shape index (κ2) is 11.7. The molecule has 1 unspecified atom stereocenters. The Morgan fingerprint density at radius 2 is 1.50 bits per heavy atom. The van der Waals surface area contributed by atoms with E-state index in [1.165, 1.54) is 0 Å². The highest BCUT2D eigenvalue weighted by atomic mass is 32.2. The molecule has 9 heteroatoms. The van der Waals surface area contributed by atoms with Crippen LogP contribution >= 0.6 is 0 Å². The number of benzene rings is 3. The lowest BCUT2D eigenvalue weighted by molar-refractivity contribution is -0.114. The van der Waals surface area contributed by atoms with E-state index in [9.17, 15) is 18.0 Å². The lowest BCUT2D eigenvalue weighted by Gasteiger charge is -2.23. The lowest BCUT2D eigenvalue weighted by Crippen LogP contribution is -2.37. The number of amides is 2. The third kappa shape index (κ3) is 7.32. The first-order valence-corrected chi connectivity index (χ1v) is 13.4. The van der Waals surface area contributed by atoms with Gasteiger partial charge < -0.3 is 15.4 Å². The van der Waals surface area contributed by atoms with Gasteiger partial charge >= 0.3 is 0 Å². The predicted molar refractivity (Wildman–Crippen MR) is 142 cm³/mol. The molecule has 36 heavy (non-hydrogen) atoms. The zero-order chi connectivity index (χ0) is 26.3. The smallest absolute Gasteiger partial charge is 0.253 e. The Morgan fingerprint density at radius 3 is 2.11 bits per heavy atom. The monoisotopic (exact) mass is 509 g/mol. The van der Waals surface area contributed by atoms with Crippen LogP contribution in [-0.2, 0) is 14.8 Å². The van der Waals surface area contributed by atoms with E-state index in [4.69, 9.17) is 4.74 Å². The molecule has 3 rings (SSSR count). The molecule has 1 atom stereocenters. The average molecular weight is 510 g/mol. The Morgan fingerprint density at radius 1 is 0.889 bits per heavy atom. The van der Waals surface area contributed by atoms with E-state index in [2.05, 4.69) is 10.6 Å². The summed E-state index contributed by atoms with van der Waals surface area (Å²) in [5.41, 5.74) is 1.83. The van der Waals surface area contributed by atoms with Crippen molar-refractivity contribution in [2.24, 2.45) is 0 Å². The molecule has 3 aromatic carbocycles. The number of nitrogens with one attached hydrogen (secondary N) is 2. The van der Waals surface area contributed by atoms with Gasteiger partial charge in [-0.05, 0) is 62.7 Å². The molecule has 2 N–H and O–H groups in total. The topological polar surface area (TPSA) is 105 Å². The number of carbonyl (C=O) groups excluding carboxylic acids is 2. The molecular formula is C27H31N3O5S. The third-order valence-corrected chi connectivity index (χ3v) is 6.42. The van der Waals surface area contributed by atoms with Crippen LogP contribution in [-0.4, -0.2) is 39.1 Å². The first kappa shape index (κ1) is 26.7. The first-order chi connectivity index (χ1) is 17.0. The number of hydrogen-bond donors (Lipinski definition) is 2. The zero-order valence-electron chi connectivity index (χ0n) is 20.8. The van der Waals surface area contributed by atoms with E-state index in [1.54, 1.807) is 48.5 Å². The number of hydrogen-bond acceptors (Lipinski definition) is 5. The molecular weight excluding hydrogens is 478 g/mol. The van der Waals surface area contributed by atoms with Crippen LogP contribution in [0.2, 0.25) is 0 Å². The van der Waals surface area contributed by atoms with Crippen molar-refractivity contribution >= 4 is 33.2 Å². The number of sulfonamides is 1. The lowest BCUT2D eigenvalue weighted by atomic mass is 10.1. The Labute approximate surface area is 212 Å². The van der Waals surface area contributed by atoms with E-state index in [-0.39, 0.29) is 29.3 Å². The average Bonchev–Trinajstić information content (AvgIpc) is 2.83. The minimum Gasteiger partial charge on any atom is -0.491 e. The van der Waals surface area contributed by atoms with Crippen molar-refractivity contribution in [1.29, 1.82) is 0 Å². The Kier molecular flexibility index (Phi) is 8.71. The van der Waals surface area contributed by atoms with Gasteiger partial charge in [0.05, 0.1) is 35.3 Å². The van der Waals surface area contributed by atoms with Gasteiger partial charge in [-0.1, -0.05) is 42.5 Å². The zero-order valence-corrected chi connectivity index (χ0v) is 21.6. The number of anilines is 2. The molecule has 0 aliphatic heterocycles. The molecule has 0 heterocycles. The van der Waals surface area contributed by atoms with Crippen molar-refractivity contribution in [3.8, 4) is 5.75 Å². The molecule has 0 aromatic heterocycles. The second-order valence-electron chi connectivity index (χ2n) is 8.63. The minimum atomic E-state index is -3.76. The minimum absolute atomic E-state index is 0.0272.